The summed E-state index contributed by atoms with van der Waals surface area (Å²) in [5.41, 5.74) is 1.94. The lowest BCUT2D eigenvalue weighted by Gasteiger charge is -2.36. The van der Waals surface area contributed by atoms with E-state index in [1.165, 1.54) is 24.3 Å². The molecular weight excluding hydrogens is 751 g/mol. The van der Waals surface area contributed by atoms with Crippen LogP contribution >= 0.6 is 24.0 Å². The van der Waals surface area contributed by atoms with Crippen LogP contribution in [0.4, 0.5) is 5.69 Å². The van der Waals surface area contributed by atoms with Gasteiger partial charge in [-0.15, -0.1) is 5.06 Å². The van der Waals surface area contributed by atoms with Crippen LogP contribution in [0.5, 0.6) is 23.0 Å². The zero-order valence-corrected chi connectivity index (χ0v) is 30.6. The standard InChI is InChI=1S/C39H33N3O11S2/c43-24-5-10-29-31(20-24)51-32-21-25(44)6-11-30(32)39(29)28-9-4-23(19-27(28)37(49)52-39)41-38(54)40-16-18-50-17-15-36(48)55-26-7-1-22(2-8-26)3-14-35(47)53-42-33(45)12-13-34(42)46/h1-2,4-11,19-21,43-44H,3,12-18H2,(H2,40,41,54). The van der Waals surface area contributed by atoms with Crippen molar-refractivity contribution in [2.24, 2.45) is 0 Å². The lowest BCUT2D eigenvalue weighted by molar-refractivity contribution is -0.197. The Balaban J connectivity index is 0.844. The first-order valence-electron chi connectivity index (χ1n) is 17.2. The number of imide groups is 1. The first-order valence-corrected chi connectivity index (χ1v) is 18.4. The number of fused-ring (bicyclic) bond motifs is 6. The van der Waals surface area contributed by atoms with Gasteiger partial charge in [0.1, 0.15) is 23.0 Å². The maximum Gasteiger partial charge on any atom is 0.340 e. The highest BCUT2D eigenvalue weighted by Crippen LogP contribution is 2.57. The average Bonchev–Trinajstić information content (AvgIpc) is 3.62. The molecule has 0 radical (unpaired) electrons. The average molecular weight is 784 g/mol. The van der Waals surface area contributed by atoms with Gasteiger partial charge in [0.15, 0.2) is 15.8 Å². The van der Waals surface area contributed by atoms with Gasteiger partial charge in [0.25, 0.3) is 11.8 Å². The van der Waals surface area contributed by atoms with Gasteiger partial charge in [-0.05, 0) is 72.7 Å². The number of aromatic hydroxyl groups is 2. The Labute approximate surface area is 323 Å². The van der Waals surface area contributed by atoms with Crippen molar-refractivity contribution in [1.29, 1.82) is 0 Å². The SMILES string of the molecule is O=C(CCc1ccc(SC(=O)CCOCCNC(=S)Nc2ccc3c(c2)C(=O)OC32c3ccc(O)cc3Oc3cc(O)ccc32)cc1)ON1C(=O)CCC1=O. The number of nitrogens with zero attached hydrogens (tertiary/aromatic N) is 1. The van der Waals surface area contributed by atoms with Gasteiger partial charge >= 0.3 is 11.9 Å². The molecule has 0 bridgehead atoms. The molecule has 4 N–H and O–H groups in total. The van der Waals surface area contributed by atoms with Gasteiger partial charge in [0, 0.05) is 65.2 Å². The van der Waals surface area contributed by atoms with Gasteiger partial charge in [0.2, 0.25) is 0 Å². The number of esters is 1. The topological polar surface area (TPSA) is 190 Å². The van der Waals surface area contributed by atoms with E-state index in [0.29, 0.717) is 51.1 Å². The van der Waals surface area contributed by atoms with E-state index in [9.17, 15) is 34.2 Å². The smallest absolute Gasteiger partial charge is 0.340 e. The van der Waals surface area contributed by atoms with Crippen molar-refractivity contribution in [2.45, 2.75) is 42.6 Å². The summed E-state index contributed by atoms with van der Waals surface area (Å²) >= 11 is 6.52. The number of nitrogens with one attached hydrogen (secondary N) is 2. The Morgan fingerprint density at radius 3 is 2.16 bits per heavy atom. The second-order valence-corrected chi connectivity index (χ2v) is 14.2. The number of carbonyl (C=O) groups is 5. The monoisotopic (exact) mass is 783 g/mol. The van der Waals surface area contributed by atoms with Gasteiger partial charge in [0.05, 0.1) is 25.2 Å². The van der Waals surface area contributed by atoms with Crippen molar-refractivity contribution in [3.8, 4) is 23.0 Å². The predicted octanol–water partition coefficient (Wildman–Crippen LogP) is 5.22. The minimum Gasteiger partial charge on any atom is -0.508 e. The van der Waals surface area contributed by atoms with Crippen LogP contribution in [0, 0.1) is 0 Å². The molecule has 55 heavy (non-hydrogen) atoms. The van der Waals surface area contributed by atoms with Crippen molar-refractivity contribution in [3.05, 3.63) is 107 Å². The van der Waals surface area contributed by atoms with Crippen molar-refractivity contribution in [3.63, 3.8) is 0 Å². The Morgan fingerprint density at radius 1 is 0.836 bits per heavy atom. The number of aryl methyl sites for hydroxylation is 1. The highest BCUT2D eigenvalue weighted by molar-refractivity contribution is 8.13. The molecule has 0 aliphatic carbocycles. The molecule has 0 atom stereocenters. The lowest BCUT2D eigenvalue weighted by Crippen LogP contribution is -2.33. The van der Waals surface area contributed by atoms with Crippen LogP contribution in [0.1, 0.15) is 58.3 Å². The van der Waals surface area contributed by atoms with Crippen LogP contribution in [-0.2, 0) is 45.5 Å². The second kappa shape index (κ2) is 15.8. The summed E-state index contributed by atoms with van der Waals surface area (Å²) in [6.45, 7) is 0.847. The van der Waals surface area contributed by atoms with Crippen LogP contribution in [0.25, 0.3) is 0 Å². The fraction of sp³-hybridized carbons (Fsp3) is 0.231. The van der Waals surface area contributed by atoms with E-state index in [0.717, 1.165) is 22.2 Å². The summed E-state index contributed by atoms with van der Waals surface area (Å²) in [5.74, 6) is -1.77. The first-order chi connectivity index (χ1) is 26.5. The van der Waals surface area contributed by atoms with Gasteiger partial charge in [-0.2, -0.15) is 0 Å². The van der Waals surface area contributed by atoms with Crippen LogP contribution in [0.3, 0.4) is 0 Å². The molecule has 282 valence electrons. The van der Waals surface area contributed by atoms with Crippen molar-refractivity contribution < 1.29 is 53.2 Å². The highest BCUT2D eigenvalue weighted by Gasteiger charge is 2.53. The number of thioether (sulfide) groups is 1. The number of amides is 2. The molecule has 3 aliphatic rings. The second-order valence-electron chi connectivity index (χ2n) is 12.7. The fourth-order valence-electron chi connectivity index (χ4n) is 6.41. The zero-order chi connectivity index (χ0) is 38.7. The van der Waals surface area contributed by atoms with Gasteiger partial charge in [-0.3, -0.25) is 14.4 Å². The summed E-state index contributed by atoms with van der Waals surface area (Å²) in [7, 11) is 0. The number of hydroxylamine groups is 2. The summed E-state index contributed by atoms with van der Waals surface area (Å²) < 4.78 is 17.7. The quantitative estimate of drug-likeness (QED) is 0.0481. The van der Waals surface area contributed by atoms with Crippen molar-refractivity contribution in [2.75, 3.05) is 25.1 Å². The molecule has 3 heterocycles. The number of anilines is 1. The number of hydrogen-bond acceptors (Lipinski definition) is 13. The van der Waals surface area contributed by atoms with E-state index >= 15 is 0 Å². The maximum absolute atomic E-state index is 13.4. The number of thiocarbonyl (C=S) groups is 1. The van der Waals surface area contributed by atoms with E-state index in [4.69, 9.17) is 31.3 Å². The molecule has 4 aromatic rings. The molecule has 2 amide bonds. The van der Waals surface area contributed by atoms with Crippen molar-refractivity contribution >= 4 is 63.6 Å². The van der Waals surface area contributed by atoms with E-state index in [2.05, 4.69) is 10.6 Å². The fourth-order valence-corrected chi connectivity index (χ4v) is 7.35. The minimum absolute atomic E-state index is 0.00962. The molecular formula is C39H33N3O11S2. The van der Waals surface area contributed by atoms with E-state index in [1.807, 2.05) is 0 Å². The molecule has 1 saturated heterocycles. The summed E-state index contributed by atoms with van der Waals surface area (Å²) in [6.07, 6.45) is 0.598. The number of phenolic OH excluding ortho intramolecular Hbond substituents is 2. The largest absolute Gasteiger partial charge is 0.508 e. The van der Waals surface area contributed by atoms with E-state index in [-0.39, 0.29) is 67.0 Å². The third-order valence-corrected chi connectivity index (χ3v) is 10.2. The number of ether oxygens (including phenoxy) is 3. The van der Waals surface area contributed by atoms with E-state index in [1.54, 1.807) is 54.6 Å². The molecule has 1 fully saturated rings. The maximum atomic E-state index is 13.4. The van der Waals surface area contributed by atoms with Crippen LogP contribution in [0.2, 0.25) is 0 Å². The minimum atomic E-state index is -1.36. The van der Waals surface area contributed by atoms with Crippen LogP contribution < -0.4 is 15.4 Å². The molecule has 3 aliphatic heterocycles. The molecule has 0 aromatic heterocycles. The number of rotatable bonds is 12. The number of phenols is 2. The number of benzene rings is 4. The summed E-state index contributed by atoms with van der Waals surface area (Å²) in [5, 5.41) is 27.1. The highest BCUT2D eigenvalue weighted by atomic mass is 32.2. The summed E-state index contributed by atoms with van der Waals surface area (Å²) in [4.78, 5) is 66.7. The van der Waals surface area contributed by atoms with E-state index < -0.39 is 29.4 Å². The Kier molecular flexibility index (Phi) is 10.7. The molecule has 14 nitrogen and oxygen atoms in total. The Morgan fingerprint density at radius 2 is 1.49 bits per heavy atom. The number of hydrogen-bond donors (Lipinski definition) is 4. The molecule has 0 unspecified atom stereocenters. The lowest BCUT2D eigenvalue weighted by atomic mass is 9.77. The third-order valence-electron chi connectivity index (χ3n) is 8.99. The molecule has 4 aromatic carbocycles. The van der Waals surface area contributed by atoms with Crippen LogP contribution in [0.15, 0.2) is 83.8 Å². The molecule has 7 rings (SSSR count). The molecule has 1 spiro atoms. The summed E-state index contributed by atoms with van der Waals surface area (Å²) in [6, 6.07) is 21.4. The Hall–Kier alpha value is -5.97. The van der Waals surface area contributed by atoms with Gasteiger partial charge in [-0.25, -0.2) is 9.59 Å². The number of carbonyl (C=O) groups excluding carboxylic acids is 5. The zero-order valence-electron chi connectivity index (χ0n) is 29.0. The normalized spacial score (nSPS) is 14.8. The predicted molar refractivity (Wildman–Crippen MR) is 200 cm³/mol. The third kappa shape index (κ3) is 7.97. The van der Waals surface area contributed by atoms with Gasteiger partial charge < -0.3 is 39.9 Å². The molecule has 0 saturated carbocycles. The Bertz CT molecular complexity index is 2160. The van der Waals surface area contributed by atoms with Crippen LogP contribution in [-0.4, -0.2) is 69.0 Å². The first kappa shape index (κ1) is 37.3. The van der Waals surface area contributed by atoms with Crippen molar-refractivity contribution in [1.82, 2.24) is 10.4 Å². The molecule has 16 heteroatoms. The van der Waals surface area contributed by atoms with Gasteiger partial charge in [-0.1, -0.05) is 30.0 Å².